The van der Waals surface area contributed by atoms with Gasteiger partial charge in [-0.05, 0) is 49.1 Å². The van der Waals surface area contributed by atoms with Crippen molar-refractivity contribution in [3.05, 3.63) is 54.1 Å². The van der Waals surface area contributed by atoms with Crippen molar-refractivity contribution in [2.45, 2.75) is 39.2 Å². The second-order valence-electron chi connectivity index (χ2n) is 6.62. The number of carbonyl (C=O) groups is 2. The van der Waals surface area contributed by atoms with Gasteiger partial charge >= 0.3 is 0 Å². The van der Waals surface area contributed by atoms with Crippen molar-refractivity contribution in [1.29, 1.82) is 0 Å². The topological polar surface area (TPSA) is 85.9 Å². The van der Waals surface area contributed by atoms with E-state index in [4.69, 9.17) is 14.2 Å². The van der Waals surface area contributed by atoms with Crippen LogP contribution in [0.25, 0.3) is 0 Å². The van der Waals surface area contributed by atoms with Crippen molar-refractivity contribution in [2.24, 2.45) is 0 Å². The number of methoxy groups -OCH3 is 1. The highest BCUT2D eigenvalue weighted by Crippen LogP contribution is 2.26. The normalized spacial score (nSPS) is 12.4. The summed E-state index contributed by atoms with van der Waals surface area (Å²) < 4.78 is 16.2. The van der Waals surface area contributed by atoms with Crippen molar-refractivity contribution < 1.29 is 23.8 Å². The third kappa shape index (κ3) is 6.71. The number of nitrogens with one attached hydrogen (secondary N) is 2. The second kappa shape index (κ2) is 10.9. The average molecular weight is 400 g/mol. The number of para-hydroxylation sites is 2. The van der Waals surface area contributed by atoms with E-state index in [1.807, 2.05) is 24.3 Å². The summed E-state index contributed by atoms with van der Waals surface area (Å²) in [6.07, 6.45) is 0.224. The van der Waals surface area contributed by atoms with Crippen LogP contribution < -0.4 is 25.1 Å². The number of hydrazine groups is 1. The lowest BCUT2D eigenvalue weighted by Gasteiger charge is -2.17. The molecule has 0 saturated carbocycles. The number of benzene rings is 2. The lowest BCUT2D eigenvalue weighted by molar-refractivity contribution is -0.133. The van der Waals surface area contributed by atoms with Gasteiger partial charge in [0.25, 0.3) is 11.8 Å². The SMILES string of the molecule is CCC(C)c1ccc(OCC(=O)NNC(=O)C(C)Oc2ccccc2OC)cc1. The fourth-order valence-electron chi connectivity index (χ4n) is 2.51. The molecule has 0 aliphatic rings. The molecule has 0 radical (unpaired) electrons. The molecule has 0 aromatic heterocycles. The fraction of sp³-hybridized carbons (Fsp3) is 0.364. The maximum Gasteiger partial charge on any atom is 0.279 e. The molecule has 0 bridgehead atoms. The van der Waals surface area contributed by atoms with E-state index in [9.17, 15) is 9.59 Å². The first-order valence-corrected chi connectivity index (χ1v) is 9.55. The number of carbonyl (C=O) groups excluding carboxylic acids is 2. The monoisotopic (exact) mass is 400 g/mol. The Labute approximate surface area is 171 Å². The van der Waals surface area contributed by atoms with E-state index in [0.29, 0.717) is 23.2 Å². The first-order chi connectivity index (χ1) is 13.9. The van der Waals surface area contributed by atoms with E-state index in [0.717, 1.165) is 6.42 Å². The van der Waals surface area contributed by atoms with Crippen LogP contribution in [0, 0.1) is 0 Å². The van der Waals surface area contributed by atoms with Gasteiger partial charge in [-0.2, -0.15) is 0 Å². The first kappa shape index (κ1) is 22.1. The summed E-state index contributed by atoms with van der Waals surface area (Å²) in [5, 5.41) is 0. The summed E-state index contributed by atoms with van der Waals surface area (Å²) in [5.41, 5.74) is 5.86. The van der Waals surface area contributed by atoms with E-state index >= 15 is 0 Å². The molecule has 2 atom stereocenters. The highest BCUT2D eigenvalue weighted by Gasteiger charge is 2.17. The van der Waals surface area contributed by atoms with Crippen molar-refractivity contribution in [2.75, 3.05) is 13.7 Å². The first-order valence-electron chi connectivity index (χ1n) is 9.55. The summed E-state index contributed by atoms with van der Waals surface area (Å²) in [6.45, 7) is 5.65. The van der Waals surface area contributed by atoms with E-state index in [-0.39, 0.29) is 6.61 Å². The van der Waals surface area contributed by atoms with Gasteiger partial charge in [0, 0.05) is 0 Å². The standard InChI is InChI=1S/C22H28N2O5/c1-5-15(2)17-10-12-18(13-11-17)28-14-21(25)23-24-22(26)16(3)29-20-9-7-6-8-19(20)27-4/h6-13,15-16H,5,14H2,1-4H3,(H,23,25)(H,24,26). The number of ether oxygens (including phenoxy) is 3. The molecule has 2 aromatic carbocycles. The Kier molecular flexibility index (Phi) is 8.33. The molecule has 0 heterocycles. The molecule has 156 valence electrons. The third-order valence-corrected chi connectivity index (χ3v) is 4.50. The molecule has 7 heteroatoms. The van der Waals surface area contributed by atoms with E-state index in [2.05, 4.69) is 24.7 Å². The molecule has 2 rings (SSSR count). The van der Waals surface area contributed by atoms with Gasteiger partial charge in [-0.1, -0.05) is 38.1 Å². The largest absolute Gasteiger partial charge is 0.493 e. The van der Waals surface area contributed by atoms with Crippen LogP contribution in [-0.2, 0) is 9.59 Å². The van der Waals surface area contributed by atoms with Crippen LogP contribution in [0.4, 0.5) is 0 Å². The zero-order chi connectivity index (χ0) is 21.2. The van der Waals surface area contributed by atoms with Crippen LogP contribution in [0.5, 0.6) is 17.2 Å². The molecule has 0 aliphatic heterocycles. The van der Waals surface area contributed by atoms with Gasteiger partial charge in [-0.3, -0.25) is 20.4 Å². The van der Waals surface area contributed by atoms with Crippen LogP contribution in [0.3, 0.4) is 0 Å². The van der Waals surface area contributed by atoms with Crippen LogP contribution in [0.1, 0.15) is 38.7 Å². The van der Waals surface area contributed by atoms with Crippen molar-refractivity contribution in [3.8, 4) is 17.2 Å². The molecule has 29 heavy (non-hydrogen) atoms. The van der Waals surface area contributed by atoms with Crippen LogP contribution in [0.2, 0.25) is 0 Å². The Morgan fingerprint density at radius 3 is 2.24 bits per heavy atom. The van der Waals surface area contributed by atoms with Crippen LogP contribution in [-0.4, -0.2) is 31.6 Å². The van der Waals surface area contributed by atoms with Crippen LogP contribution in [0.15, 0.2) is 48.5 Å². The van der Waals surface area contributed by atoms with Gasteiger partial charge in [-0.25, -0.2) is 0 Å². The zero-order valence-corrected chi connectivity index (χ0v) is 17.2. The summed E-state index contributed by atoms with van der Waals surface area (Å²) in [5.74, 6) is 1.04. The van der Waals surface area contributed by atoms with E-state index in [1.54, 1.807) is 31.2 Å². The van der Waals surface area contributed by atoms with E-state index in [1.165, 1.54) is 12.7 Å². The predicted octanol–water partition coefficient (Wildman–Crippen LogP) is 3.20. The molecule has 2 unspecified atom stereocenters. The number of hydrogen-bond donors (Lipinski definition) is 2. The van der Waals surface area contributed by atoms with Gasteiger partial charge in [0.15, 0.2) is 24.2 Å². The maximum absolute atomic E-state index is 12.1. The molecule has 0 spiro atoms. The third-order valence-electron chi connectivity index (χ3n) is 4.50. The Bertz CT molecular complexity index is 807. The summed E-state index contributed by atoms with van der Waals surface area (Å²) >= 11 is 0. The number of hydrogen-bond acceptors (Lipinski definition) is 5. The van der Waals surface area contributed by atoms with Gasteiger partial charge in [-0.15, -0.1) is 0 Å². The predicted molar refractivity (Wildman–Crippen MR) is 110 cm³/mol. The Balaban J connectivity index is 1.76. The molecule has 0 saturated heterocycles. The summed E-state index contributed by atoms with van der Waals surface area (Å²) in [6, 6.07) is 14.6. The Morgan fingerprint density at radius 1 is 0.966 bits per heavy atom. The smallest absolute Gasteiger partial charge is 0.279 e. The summed E-state index contributed by atoms with van der Waals surface area (Å²) in [4.78, 5) is 24.0. The maximum atomic E-state index is 12.1. The molecule has 2 amide bonds. The van der Waals surface area contributed by atoms with Crippen LogP contribution >= 0.6 is 0 Å². The highest BCUT2D eigenvalue weighted by molar-refractivity contribution is 5.85. The molecule has 2 N–H and O–H groups in total. The quantitative estimate of drug-likeness (QED) is 0.632. The molecule has 7 nitrogen and oxygen atoms in total. The van der Waals surface area contributed by atoms with Gasteiger partial charge < -0.3 is 14.2 Å². The molecule has 0 fully saturated rings. The van der Waals surface area contributed by atoms with E-state index < -0.39 is 17.9 Å². The lowest BCUT2D eigenvalue weighted by atomic mass is 9.99. The van der Waals surface area contributed by atoms with Crippen molar-refractivity contribution in [3.63, 3.8) is 0 Å². The minimum absolute atomic E-state index is 0.218. The van der Waals surface area contributed by atoms with Crippen molar-refractivity contribution >= 4 is 11.8 Å². The zero-order valence-electron chi connectivity index (χ0n) is 17.2. The minimum Gasteiger partial charge on any atom is -0.493 e. The summed E-state index contributed by atoms with van der Waals surface area (Å²) in [7, 11) is 1.52. The molecule has 2 aromatic rings. The highest BCUT2D eigenvalue weighted by atomic mass is 16.5. The number of amides is 2. The van der Waals surface area contributed by atoms with Gasteiger partial charge in [0.1, 0.15) is 5.75 Å². The lowest BCUT2D eigenvalue weighted by Crippen LogP contribution is -2.48. The Hall–Kier alpha value is -3.22. The second-order valence-corrected chi connectivity index (χ2v) is 6.62. The molecular weight excluding hydrogens is 372 g/mol. The number of rotatable bonds is 9. The van der Waals surface area contributed by atoms with Gasteiger partial charge in [0.2, 0.25) is 0 Å². The minimum atomic E-state index is -0.833. The molecular formula is C22H28N2O5. The molecule has 0 aliphatic carbocycles. The van der Waals surface area contributed by atoms with Gasteiger partial charge in [0.05, 0.1) is 7.11 Å². The average Bonchev–Trinajstić information content (AvgIpc) is 2.76. The fourth-order valence-corrected chi connectivity index (χ4v) is 2.51. The van der Waals surface area contributed by atoms with Crippen molar-refractivity contribution in [1.82, 2.24) is 10.9 Å². The Morgan fingerprint density at radius 2 is 1.62 bits per heavy atom.